The molecule has 0 fully saturated rings. The molecule has 27 heavy (non-hydrogen) atoms. The summed E-state index contributed by atoms with van der Waals surface area (Å²) in [6, 6.07) is 11.5. The SMILES string of the molecule is CCNC(=NCCc1nnc2ccccn12)N(C)Cc1ccc(Cl)c(Cl)c1. The summed E-state index contributed by atoms with van der Waals surface area (Å²) in [7, 11) is 2.00. The minimum atomic E-state index is 0.559. The van der Waals surface area contributed by atoms with E-state index >= 15 is 0 Å². The average molecular weight is 405 g/mol. The molecule has 2 heterocycles. The van der Waals surface area contributed by atoms with Crippen LogP contribution in [0.2, 0.25) is 10.0 Å². The maximum atomic E-state index is 6.11. The second-order valence-corrected chi connectivity index (χ2v) is 6.95. The van der Waals surface area contributed by atoms with Crippen LogP contribution in [0.25, 0.3) is 5.65 Å². The van der Waals surface area contributed by atoms with Gasteiger partial charge in [0.05, 0.1) is 10.0 Å². The maximum Gasteiger partial charge on any atom is 0.193 e. The van der Waals surface area contributed by atoms with Crippen LogP contribution < -0.4 is 5.32 Å². The largest absolute Gasteiger partial charge is 0.357 e. The van der Waals surface area contributed by atoms with E-state index in [4.69, 9.17) is 28.2 Å². The van der Waals surface area contributed by atoms with Crippen LogP contribution in [0.5, 0.6) is 0 Å². The second-order valence-electron chi connectivity index (χ2n) is 6.14. The molecule has 3 rings (SSSR count). The Morgan fingerprint density at radius 3 is 2.81 bits per heavy atom. The Kier molecular flexibility index (Phi) is 6.53. The molecule has 0 saturated heterocycles. The van der Waals surface area contributed by atoms with Gasteiger partial charge in [0.15, 0.2) is 11.6 Å². The van der Waals surface area contributed by atoms with Gasteiger partial charge in [-0.25, -0.2) is 0 Å². The fourth-order valence-corrected chi connectivity index (χ4v) is 3.10. The summed E-state index contributed by atoms with van der Waals surface area (Å²) >= 11 is 12.1. The predicted octanol–water partition coefficient (Wildman–Crippen LogP) is 3.68. The molecule has 1 N–H and O–H groups in total. The van der Waals surface area contributed by atoms with Crippen molar-refractivity contribution < 1.29 is 0 Å². The van der Waals surface area contributed by atoms with E-state index in [0.717, 1.165) is 29.5 Å². The van der Waals surface area contributed by atoms with Gasteiger partial charge in [0.2, 0.25) is 0 Å². The third-order valence-electron chi connectivity index (χ3n) is 4.08. The monoisotopic (exact) mass is 404 g/mol. The van der Waals surface area contributed by atoms with Crippen LogP contribution in [-0.4, -0.2) is 45.6 Å². The number of hydrogen-bond acceptors (Lipinski definition) is 3. The molecule has 0 atom stereocenters. The highest BCUT2D eigenvalue weighted by Crippen LogP contribution is 2.23. The molecule has 0 spiro atoms. The summed E-state index contributed by atoms with van der Waals surface area (Å²) in [6.07, 6.45) is 2.68. The standard InChI is InChI=1S/C19H22Cl2N6/c1-3-22-19(26(2)13-14-7-8-15(20)16(21)12-14)23-10-9-18-25-24-17-6-4-5-11-27(17)18/h4-8,11-12H,3,9-10,13H2,1-2H3,(H,22,23). The van der Waals surface area contributed by atoms with Gasteiger partial charge in [0, 0.05) is 39.3 Å². The number of guanidine groups is 1. The first-order valence-electron chi connectivity index (χ1n) is 8.80. The molecule has 0 aliphatic carbocycles. The van der Waals surface area contributed by atoms with Crippen LogP contribution in [0.3, 0.4) is 0 Å². The van der Waals surface area contributed by atoms with Crippen LogP contribution in [-0.2, 0) is 13.0 Å². The molecule has 0 bridgehead atoms. The van der Waals surface area contributed by atoms with Crippen molar-refractivity contribution in [1.29, 1.82) is 0 Å². The van der Waals surface area contributed by atoms with Crippen molar-refractivity contribution >= 4 is 34.8 Å². The van der Waals surface area contributed by atoms with Gasteiger partial charge in [-0.1, -0.05) is 35.3 Å². The number of aliphatic imine (C=N–C) groups is 1. The molecule has 0 amide bonds. The van der Waals surface area contributed by atoms with Crippen LogP contribution in [0.15, 0.2) is 47.6 Å². The van der Waals surface area contributed by atoms with E-state index in [2.05, 4.69) is 27.3 Å². The zero-order valence-corrected chi connectivity index (χ0v) is 16.9. The smallest absolute Gasteiger partial charge is 0.193 e. The van der Waals surface area contributed by atoms with E-state index in [1.165, 1.54) is 0 Å². The Morgan fingerprint density at radius 2 is 2.04 bits per heavy atom. The normalized spacial score (nSPS) is 11.8. The molecule has 0 unspecified atom stereocenters. The van der Waals surface area contributed by atoms with Crippen molar-refractivity contribution in [3.63, 3.8) is 0 Å². The molecule has 3 aromatic rings. The number of benzene rings is 1. The minimum absolute atomic E-state index is 0.559. The summed E-state index contributed by atoms with van der Waals surface area (Å²) in [5.41, 5.74) is 1.92. The number of aromatic nitrogens is 3. The highest BCUT2D eigenvalue weighted by molar-refractivity contribution is 6.42. The van der Waals surface area contributed by atoms with Gasteiger partial charge in [-0.05, 0) is 36.8 Å². The topological polar surface area (TPSA) is 57.8 Å². The zero-order valence-electron chi connectivity index (χ0n) is 15.4. The number of halogens is 2. The molecular weight excluding hydrogens is 383 g/mol. The fraction of sp³-hybridized carbons (Fsp3) is 0.316. The van der Waals surface area contributed by atoms with E-state index in [1.54, 1.807) is 0 Å². The lowest BCUT2D eigenvalue weighted by molar-refractivity contribution is 0.477. The number of rotatable bonds is 6. The van der Waals surface area contributed by atoms with E-state index < -0.39 is 0 Å². The lowest BCUT2D eigenvalue weighted by atomic mass is 10.2. The van der Waals surface area contributed by atoms with Crippen LogP contribution in [0.1, 0.15) is 18.3 Å². The van der Waals surface area contributed by atoms with Gasteiger partial charge in [-0.2, -0.15) is 0 Å². The summed E-state index contributed by atoms with van der Waals surface area (Å²) in [5, 5.41) is 12.9. The molecule has 2 aromatic heterocycles. The van der Waals surface area contributed by atoms with Crippen molar-refractivity contribution in [1.82, 2.24) is 24.8 Å². The Morgan fingerprint density at radius 1 is 1.19 bits per heavy atom. The van der Waals surface area contributed by atoms with Gasteiger partial charge in [0.1, 0.15) is 5.82 Å². The Hall–Kier alpha value is -2.31. The molecule has 0 radical (unpaired) electrons. The first-order chi connectivity index (χ1) is 13.1. The van der Waals surface area contributed by atoms with Gasteiger partial charge in [-0.15, -0.1) is 10.2 Å². The van der Waals surface area contributed by atoms with Crippen LogP contribution in [0, 0.1) is 0 Å². The average Bonchev–Trinajstić information content (AvgIpc) is 3.07. The van der Waals surface area contributed by atoms with Crippen molar-refractivity contribution in [3.8, 4) is 0 Å². The third-order valence-corrected chi connectivity index (χ3v) is 4.82. The molecule has 1 aromatic carbocycles. The van der Waals surface area contributed by atoms with Crippen molar-refractivity contribution in [3.05, 3.63) is 64.0 Å². The van der Waals surface area contributed by atoms with Gasteiger partial charge >= 0.3 is 0 Å². The van der Waals surface area contributed by atoms with Gasteiger partial charge in [0.25, 0.3) is 0 Å². The lowest BCUT2D eigenvalue weighted by Gasteiger charge is -2.22. The molecule has 0 saturated carbocycles. The second kappa shape index (κ2) is 9.06. The van der Waals surface area contributed by atoms with Crippen molar-refractivity contribution in [2.75, 3.05) is 20.1 Å². The zero-order chi connectivity index (χ0) is 19.2. The lowest BCUT2D eigenvalue weighted by Crippen LogP contribution is -2.38. The van der Waals surface area contributed by atoms with E-state index in [9.17, 15) is 0 Å². The third kappa shape index (κ3) is 4.90. The maximum absolute atomic E-state index is 6.11. The summed E-state index contributed by atoms with van der Waals surface area (Å²) in [5.74, 6) is 1.73. The Labute approximate surface area is 168 Å². The van der Waals surface area contributed by atoms with Crippen LogP contribution in [0.4, 0.5) is 0 Å². The number of nitrogens with zero attached hydrogens (tertiary/aromatic N) is 5. The quantitative estimate of drug-likeness (QED) is 0.502. The first kappa shape index (κ1) is 19.5. The molecule has 0 aliphatic rings. The van der Waals surface area contributed by atoms with E-state index in [-0.39, 0.29) is 0 Å². The highest BCUT2D eigenvalue weighted by atomic mass is 35.5. The molecule has 142 valence electrons. The molecule has 6 nitrogen and oxygen atoms in total. The number of hydrogen-bond donors (Lipinski definition) is 1. The summed E-state index contributed by atoms with van der Waals surface area (Å²) in [6.45, 7) is 4.13. The fourth-order valence-electron chi connectivity index (χ4n) is 2.78. The van der Waals surface area contributed by atoms with Crippen molar-refractivity contribution in [2.45, 2.75) is 19.9 Å². The van der Waals surface area contributed by atoms with Crippen LogP contribution >= 0.6 is 23.2 Å². The highest BCUT2D eigenvalue weighted by Gasteiger charge is 2.09. The summed E-state index contributed by atoms with van der Waals surface area (Å²) in [4.78, 5) is 6.78. The summed E-state index contributed by atoms with van der Waals surface area (Å²) < 4.78 is 1.99. The van der Waals surface area contributed by atoms with E-state index in [1.807, 2.05) is 54.0 Å². The van der Waals surface area contributed by atoms with Gasteiger partial charge in [-0.3, -0.25) is 9.39 Å². The van der Waals surface area contributed by atoms with E-state index in [0.29, 0.717) is 29.6 Å². The number of fused-ring (bicyclic) bond motifs is 1. The van der Waals surface area contributed by atoms with Gasteiger partial charge < -0.3 is 10.2 Å². The Bertz CT molecular complexity index is 937. The predicted molar refractivity (Wildman–Crippen MR) is 111 cm³/mol. The molecular formula is C19H22Cl2N6. The Balaban J connectivity index is 1.67. The minimum Gasteiger partial charge on any atom is -0.357 e. The molecule has 8 heteroatoms. The number of nitrogens with one attached hydrogen (secondary N) is 1. The first-order valence-corrected chi connectivity index (χ1v) is 9.56. The molecule has 0 aliphatic heterocycles. The van der Waals surface area contributed by atoms with Crippen molar-refractivity contribution in [2.24, 2.45) is 4.99 Å². The number of pyridine rings is 1.